The fourth-order valence-corrected chi connectivity index (χ4v) is 5.18. The van der Waals surface area contributed by atoms with Crippen LogP contribution in [0.15, 0.2) is 89.0 Å². The van der Waals surface area contributed by atoms with Gasteiger partial charge in [-0.15, -0.1) is 0 Å². The van der Waals surface area contributed by atoms with Crippen LogP contribution in [0.4, 0.5) is 5.69 Å². The van der Waals surface area contributed by atoms with Crippen LogP contribution in [0.3, 0.4) is 0 Å². The molecule has 4 aromatic rings. The van der Waals surface area contributed by atoms with Gasteiger partial charge in [0.1, 0.15) is 5.65 Å². The van der Waals surface area contributed by atoms with Crippen LogP contribution < -0.4 is 10.2 Å². The Balaban J connectivity index is 1.24. The number of imidazole rings is 1. The highest BCUT2D eigenvalue weighted by Crippen LogP contribution is 2.24. The molecule has 0 atom stereocenters. The molecule has 0 bridgehead atoms. The third-order valence-corrected chi connectivity index (χ3v) is 7.65. The molecular weight excluding hydrogens is 452 g/mol. The topological polar surface area (TPSA) is 93.0 Å². The number of hydrogen-bond acceptors (Lipinski definition) is 6. The molecular formula is C25H24N4O4S. The molecule has 8 nitrogen and oxygen atoms in total. The number of morpholine rings is 1. The Morgan fingerprint density at radius 2 is 1.62 bits per heavy atom. The summed E-state index contributed by atoms with van der Waals surface area (Å²) in [6.45, 7) is 3.22. The number of rotatable bonds is 6. The van der Waals surface area contributed by atoms with E-state index in [1.54, 1.807) is 71.5 Å². The molecule has 1 amide bonds. The molecule has 2 aromatic heterocycles. The number of ether oxygens (including phenoxy) is 1. The largest absolute Gasteiger partial charge is 0.378 e. The van der Waals surface area contributed by atoms with E-state index in [0.29, 0.717) is 18.8 Å². The quantitative estimate of drug-likeness (QED) is 0.460. The van der Waals surface area contributed by atoms with Crippen molar-refractivity contribution >= 4 is 27.1 Å². The lowest BCUT2D eigenvalue weighted by Crippen LogP contribution is -2.36. The first-order valence-corrected chi connectivity index (χ1v) is 12.5. The lowest BCUT2D eigenvalue weighted by molar-refractivity contribution is 0.0950. The van der Waals surface area contributed by atoms with Gasteiger partial charge in [-0.1, -0.05) is 12.1 Å². The molecule has 9 heteroatoms. The zero-order valence-electron chi connectivity index (χ0n) is 18.4. The molecule has 2 aromatic carbocycles. The first-order chi connectivity index (χ1) is 16.5. The second kappa shape index (κ2) is 9.28. The number of benzene rings is 2. The summed E-state index contributed by atoms with van der Waals surface area (Å²) in [6, 6.07) is 17.0. The fraction of sp³-hybridized carbons (Fsp3) is 0.200. The maximum atomic E-state index is 13.1. The number of hydrogen-bond donors (Lipinski definition) is 1. The number of amides is 1. The number of fused-ring (bicyclic) bond motifs is 1. The predicted molar refractivity (Wildman–Crippen MR) is 128 cm³/mol. The Bertz CT molecular complexity index is 1410. The van der Waals surface area contributed by atoms with Gasteiger partial charge in [0.15, 0.2) is 0 Å². The van der Waals surface area contributed by atoms with Crippen LogP contribution in [0.1, 0.15) is 15.9 Å². The zero-order chi connectivity index (χ0) is 23.5. The van der Waals surface area contributed by atoms with E-state index in [9.17, 15) is 13.2 Å². The summed E-state index contributed by atoms with van der Waals surface area (Å²) in [5.74, 6) is -0.215. The first kappa shape index (κ1) is 22.1. The summed E-state index contributed by atoms with van der Waals surface area (Å²) >= 11 is 0. The lowest BCUT2D eigenvalue weighted by Gasteiger charge is -2.28. The molecule has 0 aliphatic carbocycles. The van der Waals surface area contributed by atoms with E-state index in [2.05, 4.69) is 15.2 Å². The Labute approximate surface area is 197 Å². The molecule has 5 rings (SSSR count). The average Bonchev–Trinajstić information content (AvgIpc) is 3.36. The van der Waals surface area contributed by atoms with E-state index in [0.717, 1.165) is 30.0 Å². The Morgan fingerprint density at radius 1 is 0.941 bits per heavy atom. The maximum absolute atomic E-state index is 13.1. The summed E-state index contributed by atoms with van der Waals surface area (Å²) < 4.78 is 33.3. The van der Waals surface area contributed by atoms with Crippen molar-refractivity contribution in [3.8, 4) is 0 Å². The maximum Gasteiger partial charge on any atom is 0.253 e. The van der Waals surface area contributed by atoms with E-state index in [-0.39, 0.29) is 22.2 Å². The van der Waals surface area contributed by atoms with Gasteiger partial charge in [-0.3, -0.25) is 4.79 Å². The molecule has 3 heterocycles. The second-order valence-corrected chi connectivity index (χ2v) is 9.98. The van der Waals surface area contributed by atoms with Gasteiger partial charge in [0, 0.05) is 43.9 Å². The fourth-order valence-electron chi connectivity index (χ4n) is 3.92. The highest BCUT2D eigenvalue weighted by atomic mass is 32.2. The number of aromatic nitrogens is 2. The monoisotopic (exact) mass is 476 g/mol. The Kier molecular flexibility index (Phi) is 6.04. The van der Waals surface area contributed by atoms with Gasteiger partial charge < -0.3 is 19.4 Å². The highest BCUT2D eigenvalue weighted by Gasteiger charge is 2.19. The molecule has 1 saturated heterocycles. The van der Waals surface area contributed by atoms with Crippen molar-refractivity contribution in [2.24, 2.45) is 0 Å². The predicted octanol–water partition coefficient (Wildman–Crippen LogP) is 2.93. The van der Waals surface area contributed by atoms with Crippen LogP contribution in [-0.2, 0) is 21.1 Å². The number of pyridine rings is 1. The van der Waals surface area contributed by atoms with Crippen molar-refractivity contribution in [2.45, 2.75) is 16.3 Å². The van der Waals surface area contributed by atoms with Gasteiger partial charge >= 0.3 is 0 Å². The molecule has 0 radical (unpaired) electrons. The number of sulfone groups is 1. The van der Waals surface area contributed by atoms with Crippen LogP contribution in [-0.4, -0.2) is 50.0 Å². The van der Waals surface area contributed by atoms with Crippen molar-refractivity contribution in [2.75, 3.05) is 31.2 Å². The standard InChI is InChI=1S/C25H24N4O4S/c30-25(20-3-10-24-26-11-12-29(24)18-20)27-17-19-1-6-22(7-2-19)34(31,32)23-8-4-21(5-9-23)28-13-15-33-16-14-28/h1-12,18H,13-17H2,(H,27,30). The number of carbonyl (C=O) groups excluding carboxylic acids is 1. The van der Waals surface area contributed by atoms with Crippen LogP contribution in [0.25, 0.3) is 5.65 Å². The Morgan fingerprint density at radius 3 is 2.32 bits per heavy atom. The molecule has 1 N–H and O–H groups in total. The number of anilines is 1. The minimum absolute atomic E-state index is 0.215. The lowest BCUT2D eigenvalue weighted by atomic mass is 10.2. The van der Waals surface area contributed by atoms with Gasteiger partial charge in [-0.05, 0) is 54.1 Å². The van der Waals surface area contributed by atoms with Crippen molar-refractivity contribution < 1.29 is 17.9 Å². The normalized spacial score (nSPS) is 14.3. The number of carbonyl (C=O) groups is 1. The van der Waals surface area contributed by atoms with Crippen molar-refractivity contribution in [1.29, 1.82) is 0 Å². The first-order valence-electron chi connectivity index (χ1n) is 11.0. The zero-order valence-corrected chi connectivity index (χ0v) is 19.2. The summed E-state index contributed by atoms with van der Waals surface area (Å²) in [4.78, 5) is 19.3. The van der Waals surface area contributed by atoms with Crippen molar-refractivity contribution in [3.63, 3.8) is 0 Å². The van der Waals surface area contributed by atoms with Gasteiger partial charge in [-0.2, -0.15) is 0 Å². The smallest absolute Gasteiger partial charge is 0.253 e. The molecule has 1 aliphatic rings. The molecule has 0 unspecified atom stereocenters. The Hall–Kier alpha value is -3.69. The minimum atomic E-state index is -3.63. The second-order valence-electron chi connectivity index (χ2n) is 8.03. The SMILES string of the molecule is O=C(NCc1ccc(S(=O)(=O)c2ccc(N3CCOCC3)cc2)cc1)c1ccc2nccn2c1. The molecule has 1 aliphatic heterocycles. The van der Waals surface area contributed by atoms with Crippen LogP contribution in [0, 0.1) is 0 Å². The summed E-state index contributed by atoms with van der Waals surface area (Å²) in [5, 5.41) is 2.86. The highest BCUT2D eigenvalue weighted by molar-refractivity contribution is 7.91. The number of nitrogens with zero attached hydrogens (tertiary/aromatic N) is 3. The van der Waals surface area contributed by atoms with E-state index in [1.165, 1.54) is 0 Å². The van der Waals surface area contributed by atoms with Crippen molar-refractivity contribution in [3.05, 3.63) is 90.4 Å². The summed E-state index contributed by atoms with van der Waals surface area (Å²) in [7, 11) is -3.63. The summed E-state index contributed by atoms with van der Waals surface area (Å²) in [5.41, 5.74) is 3.08. The van der Waals surface area contributed by atoms with Gasteiger partial charge in [0.25, 0.3) is 5.91 Å². The summed E-state index contributed by atoms with van der Waals surface area (Å²) in [6.07, 6.45) is 5.17. The van der Waals surface area contributed by atoms with Gasteiger partial charge in [0.05, 0.1) is 28.6 Å². The van der Waals surface area contributed by atoms with Crippen LogP contribution >= 0.6 is 0 Å². The minimum Gasteiger partial charge on any atom is -0.378 e. The van der Waals surface area contributed by atoms with Crippen LogP contribution in [0.2, 0.25) is 0 Å². The third-order valence-electron chi connectivity index (χ3n) is 5.86. The third kappa shape index (κ3) is 4.52. The molecule has 1 fully saturated rings. The molecule has 174 valence electrons. The van der Waals surface area contributed by atoms with E-state index in [4.69, 9.17) is 4.74 Å². The van der Waals surface area contributed by atoms with Gasteiger partial charge in [-0.25, -0.2) is 13.4 Å². The van der Waals surface area contributed by atoms with Crippen molar-refractivity contribution in [1.82, 2.24) is 14.7 Å². The average molecular weight is 477 g/mol. The van der Waals surface area contributed by atoms with E-state index < -0.39 is 9.84 Å². The molecule has 34 heavy (non-hydrogen) atoms. The van der Waals surface area contributed by atoms with E-state index >= 15 is 0 Å². The molecule has 0 spiro atoms. The van der Waals surface area contributed by atoms with E-state index in [1.807, 2.05) is 12.1 Å². The molecule has 0 saturated carbocycles. The van der Waals surface area contributed by atoms with Crippen LogP contribution in [0.5, 0.6) is 0 Å². The van der Waals surface area contributed by atoms with Gasteiger partial charge in [0.2, 0.25) is 9.84 Å². The number of nitrogens with one attached hydrogen (secondary N) is 1.